The zero-order valence-corrected chi connectivity index (χ0v) is 8.10. The number of imide groups is 1. The normalized spacial score (nSPS) is 30.8. The Kier molecular flexibility index (Phi) is 2.34. The van der Waals surface area contributed by atoms with Gasteiger partial charge in [-0.15, -0.1) is 0 Å². The largest absolute Gasteiger partial charge is 0.481 e. The van der Waals surface area contributed by atoms with Gasteiger partial charge in [0, 0.05) is 0 Å². The van der Waals surface area contributed by atoms with Crippen molar-refractivity contribution in [3.05, 3.63) is 0 Å². The molecule has 1 aliphatic carbocycles. The predicted octanol–water partition coefficient (Wildman–Crippen LogP) is -0.209. The van der Waals surface area contributed by atoms with Gasteiger partial charge >= 0.3 is 12.0 Å². The molecule has 0 aromatic carbocycles. The van der Waals surface area contributed by atoms with E-state index in [-0.39, 0.29) is 12.5 Å². The van der Waals surface area contributed by atoms with E-state index in [1.54, 1.807) is 0 Å². The quantitative estimate of drug-likeness (QED) is 0.620. The van der Waals surface area contributed by atoms with E-state index in [1.807, 2.05) is 0 Å². The number of nitrogens with one attached hydrogen (secondary N) is 1. The predicted molar refractivity (Wildman–Crippen MR) is 49.0 cm³/mol. The molecule has 1 heterocycles. The molecule has 0 aromatic rings. The summed E-state index contributed by atoms with van der Waals surface area (Å²) in [6.45, 7) is -0.0122. The van der Waals surface area contributed by atoms with Gasteiger partial charge in [0.05, 0.1) is 18.5 Å². The monoisotopic (exact) mass is 212 g/mol. The third-order valence-corrected chi connectivity index (χ3v) is 3.01. The lowest BCUT2D eigenvalue weighted by molar-refractivity contribution is -0.143. The summed E-state index contributed by atoms with van der Waals surface area (Å²) in [5, 5.41) is 11.3. The van der Waals surface area contributed by atoms with Crippen LogP contribution in [0.5, 0.6) is 0 Å². The lowest BCUT2D eigenvalue weighted by Gasteiger charge is -2.24. The highest BCUT2D eigenvalue weighted by atomic mass is 16.4. The average Bonchev–Trinajstić information content (AvgIpc) is 2.73. The Balaban J connectivity index is 2.18. The van der Waals surface area contributed by atoms with E-state index in [4.69, 9.17) is 5.11 Å². The number of nitrogens with zero attached hydrogens (tertiary/aromatic N) is 1. The van der Waals surface area contributed by atoms with Crippen LogP contribution in [0, 0.1) is 5.92 Å². The van der Waals surface area contributed by atoms with Gasteiger partial charge in [0.25, 0.3) is 0 Å². The summed E-state index contributed by atoms with van der Waals surface area (Å²) in [6, 6.07) is -0.921. The molecular formula is C9H12N2O4. The van der Waals surface area contributed by atoms with Crippen molar-refractivity contribution in [3.63, 3.8) is 0 Å². The van der Waals surface area contributed by atoms with Gasteiger partial charge in [-0.1, -0.05) is 6.42 Å². The number of carboxylic acid groups (broad SMARTS) is 1. The molecule has 2 atom stereocenters. The summed E-state index contributed by atoms with van der Waals surface area (Å²) in [7, 11) is 0. The Morgan fingerprint density at radius 2 is 2.13 bits per heavy atom. The highest BCUT2D eigenvalue weighted by Gasteiger charge is 2.44. The fourth-order valence-corrected chi connectivity index (χ4v) is 2.31. The molecule has 15 heavy (non-hydrogen) atoms. The minimum atomic E-state index is -0.926. The number of rotatable bonds is 2. The molecule has 3 amide bonds. The minimum Gasteiger partial charge on any atom is -0.481 e. The van der Waals surface area contributed by atoms with Gasteiger partial charge in [-0.2, -0.15) is 0 Å². The molecule has 2 N–H and O–H groups in total. The molecule has 1 aliphatic heterocycles. The number of carbonyl (C=O) groups excluding carboxylic acids is 2. The van der Waals surface area contributed by atoms with Crippen LogP contribution in [0.1, 0.15) is 19.3 Å². The Labute approximate surface area is 86.2 Å². The molecule has 1 saturated heterocycles. The summed E-state index contributed by atoms with van der Waals surface area (Å²) in [6.07, 6.45) is 1.88. The number of hydrogen-bond acceptors (Lipinski definition) is 3. The van der Waals surface area contributed by atoms with Crippen LogP contribution in [0.15, 0.2) is 0 Å². The maximum Gasteiger partial charge on any atom is 0.324 e. The first kappa shape index (κ1) is 9.95. The van der Waals surface area contributed by atoms with Crippen molar-refractivity contribution in [1.82, 2.24) is 10.2 Å². The Hall–Kier alpha value is -1.59. The van der Waals surface area contributed by atoms with Crippen molar-refractivity contribution in [2.75, 3.05) is 6.54 Å². The first-order chi connectivity index (χ1) is 7.11. The maximum atomic E-state index is 11.4. The molecule has 2 aliphatic rings. The van der Waals surface area contributed by atoms with E-state index in [9.17, 15) is 14.4 Å². The van der Waals surface area contributed by atoms with Gasteiger partial charge in [0.1, 0.15) is 0 Å². The first-order valence-corrected chi connectivity index (χ1v) is 4.94. The Morgan fingerprint density at radius 1 is 1.40 bits per heavy atom. The summed E-state index contributed by atoms with van der Waals surface area (Å²) in [4.78, 5) is 34.7. The summed E-state index contributed by atoms with van der Waals surface area (Å²) < 4.78 is 0. The van der Waals surface area contributed by atoms with E-state index in [2.05, 4.69) is 5.32 Å². The molecule has 1 saturated carbocycles. The summed E-state index contributed by atoms with van der Waals surface area (Å²) >= 11 is 0. The van der Waals surface area contributed by atoms with Crippen LogP contribution in [-0.4, -0.2) is 40.5 Å². The number of urea groups is 1. The van der Waals surface area contributed by atoms with Crippen molar-refractivity contribution in [2.45, 2.75) is 25.3 Å². The SMILES string of the molecule is O=C(O)C1CCCC1N1C(=O)CNC1=O. The summed E-state index contributed by atoms with van der Waals surface area (Å²) in [5.74, 6) is -1.85. The fourth-order valence-electron chi connectivity index (χ4n) is 2.31. The minimum absolute atomic E-state index is 0.0122. The highest BCUT2D eigenvalue weighted by molar-refractivity contribution is 6.02. The molecule has 6 nitrogen and oxygen atoms in total. The van der Waals surface area contributed by atoms with Gasteiger partial charge in [-0.05, 0) is 12.8 Å². The molecule has 0 spiro atoms. The average molecular weight is 212 g/mol. The Morgan fingerprint density at radius 3 is 2.67 bits per heavy atom. The molecule has 2 unspecified atom stereocenters. The number of carbonyl (C=O) groups is 3. The van der Waals surface area contributed by atoms with E-state index in [1.165, 1.54) is 0 Å². The first-order valence-electron chi connectivity index (χ1n) is 4.94. The molecule has 0 aromatic heterocycles. The lowest BCUT2D eigenvalue weighted by Crippen LogP contribution is -2.44. The van der Waals surface area contributed by atoms with Crippen molar-refractivity contribution in [3.8, 4) is 0 Å². The molecule has 2 fully saturated rings. The van der Waals surface area contributed by atoms with Gasteiger partial charge < -0.3 is 10.4 Å². The van der Waals surface area contributed by atoms with Gasteiger partial charge in [0.15, 0.2) is 0 Å². The molecule has 0 radical (unpaired) electrons. The van der Waals surface area contributed by atoms with Crippen LogP contribution in [0.25, 0.3) is 0 Å². The van der Waals surface area contributed by atoms with Crippen molar-refractivity contribution >= 4 is 17.9 Å². The van der Waals surface area contributed by atoms with Crippen molar-refractivity contribution < 1.29 is 19.5 Å². The highest BCUT2D eigenvalue weighted by Crippen LogP contribution is 2.31. The molecule has 2 rings (SSSR count). The molecular weight excluding hydrogens is 200 g/mol. The van der Waals surface area contributed by atoms with Crippen LogP contribution in [0.2, 0.25) is 0 Å². The second kappa shape index (κ2) is 3.52. The summed E-state index contributed by atoms with van der Waals surface area (Å²) in [5.41, 5.74) is 0. The number of aliphatic carboxylic acids is 1. The third kappa shape index (κ3) is 1.55. The molecule has 82 valence electrons. The zero-order chi connectivity index (χ0) is 11.0. The number of carboxylic acids is 1. The fraction of sp³-hybridized carbons (Fsp3) is 0.667. The lowest BCUT2D eigenvalue weighted by atomic mass is 10.0. The second-order valence-corrected chi connectivity index (χ2v) is 3.87. The van der Waals surface area contributed by atoms with Crippen molar-refractivity contribution in [2.24, 2.45) is 5.92 Å². The molecule has 6 heteroatoms. The second-order valence-electron chi connectivity index (χ2n) is 3.87. The van der Waals surface area contributed by atoms with E-state index < -0.39 is 24.0 Å². The number of hydrogen-bond donors (Lipinski definition) is 2. The van der Waals surface area contributed by atoms with Crippen LogP contribution in [-0.2, 0) is 9.59 Å². The van der Waals surface area contributed by atoms with Gasteiger partial charge in [-0.25, -0.2) is 4.79 Å². The topological polar surface area (TPSA) is 86.7 Å². The van der Waals surface area contributed by atoms with Crippen LogP contribution < -0.4 is 5.32 Å². The zero-order valence-electron chi connectivity index (χ0n) is 8.10. The van der Waals surface area contributed by atoms with Crippen LogP contribution in [0.4, 0.5) is 4.79 Å². The smallest absolute Gasteiger partial charge is 0.324 e. The Bertz CT molecular complexity index is 312. The standard InChI is InChI=1S/C9H12N2O4/c12-7-4-10-9(15)11(7)6-3-1-2-5(6)8(13)14/h5-6H,1-4H2,(H,10,15)(H,13,14). The molecule has 0 bridgehead atoms. The van der Waals surface area contributed by atoms with Gasteiger partial charge in [-0.3, -0.25) is 14.5 Å². The number of amides is 3. The third-order valence-electron chi connectivity index (χ3n) is 3.01. The van der Waals surface area contributed by atoms with Gasteiger partial charge in [0.2, 0.25) is 5.91 Å². The van der Waals surface area contributed by atoms with Crippen LogP contribution >= 0.6 is 0 Å². The van der Waals surface area contributed by atoms with Crippen LogP contribution in [0.3, 0.4) is 0 Å². The maximum absolute atomic E-state index is 11.4. The van der Waals surface area contributed by atoms with E-state index in [0.717, 1.165) is 11.3 Å². The van der Waals surface area contributed by atoms with Crippen molar-refractivity contribution in [1.29, 1.82) is 0 Å². The van der Waals surface area contributed by atoms with E-state index in [0.29, 0.717) is 12.8 Å². The van der Waals surface area contributed by atoms with E-state index >= 15 is 0 Å².